The fourth-order valence-electron chi connectivity index (χ4n) is 4.44. The fourth-order valence-corrected chi connectivity index (χ4v) is 5.36. The second-order valence-electron chi connectivity index (χ2n) is 8.79. The fraction of sp³-hybridized carbons (Fsp3) is 0.148. The third-order valence-electron chi connectivity index (χ3n) is 6.30. The number of hydrogen-bond acceptors (Lipinski definition) is 6. The summed E-state index contributed by atoms with van der Waals surface area (Å²) in [6.07, 6.45) is 0. The summed E-state index contributed by atoms with van der Waals surface area (Å²) < 4.78 is 3.53. The third kappa shape index (κ3) is 3.51. The Morgan fingerprint density at radius 1 is 0.917 bits per heavy atom. The van der Waals surface area contributed by atoms with E-state index in [1.54, 1.807) is 10.6 Å². The van der Waals surface area contributed by atoms with Gasteiger partial charge in [-0.1, -0.05) is 48.2 Å². The maximum atomic E-state index is 13.6. The highest BCUT2D eigenvalue weighted by Gasteiger charge is 2.21. The molecule has 3 aromatic heterocycles. The van der Waals surface area contributed by atoms with Crippen molar-refractivity contribution in [3.05, 3.63) is 104 Å². The van der Waals surface area contributed by atoms with Crippen LogP contribution in [0.25, 0.3) is 33.3 Å². The van der Waals surface area contributed by atoms with Crippen LogP contribution in [-0.2, 0) is 0 Å². The van der Waals surface area contributed by atoms with Crippen LogP contribution in [0.5, 0.6) is 0 Å². The number of para-hydroxylation sites is 2. The molecule has 3 aromatic carbocycles. The molecule has 8 nitrogen and oxygen atoms in total. The van der Waals surface area contributed by atoms with Crippen molar-refractivity contribution < 1.29 is 0 Å². The number of nitrogens with zero attached hydrogens (tertiary/aromatic N) is 5. The molecule has 9 heteroatoms. The number of H-pyrrole nitrogens is 1. The van der Waals surface area contributed by atoms with Crippen LogP contribution in [0.4, 0.5) is 0 Å². The lowest BCUT2D eigenvalue weighted by atomic mass is 10.1. The molecule has 1 N–H and O–H groups in total. The number of rotatable bonds is 4. The van der Waals surface area contributed by atoms with Gasteiger partial charge < -0.3 is 4.98 Å². The number of hydrogen-bond donors (Lipinski definition) is 1. The second kappa shape index (κ2) is 8.46. The van der Waals surface area contributed by atoms with Crippen molar-refractivity contribution in [3.63, 3.8) is 0 Å². The van der Waals surface area contributed by atoms with Crippen LogP contribution in [0.2, 0.25) is 0 Å². The Morgan fingerprint density at radius 3 is 2.50 bits per heavy atom. The first kappa shape index (κ1) is 22.2. The lowest BCUT2D eigenvalue weighted by Crippen LogP contribution is -2.22. The maximum Gasteiger partial charge on any atom is 0.267 e. The van der Waals surface area contributed by atoms with Crippen LogP contribution < -0.4 is 11.1 Å². The summed E-state index contributed by atoms with van der Waals surface area (Å²) >= 11 is 1.42. The van der Waals surface area contributed by atoms with Crippen LogP contribution in [-0.4, -0.2) is 29.1 Å². The minimum Gasteiger partial charge on any atom is -0.309 e. The normalized spacial score (nSPS) is 12.5. The van der Waals surface area contributed by atoms with Gasteiger partial charge in [-0.2, -0.15) is 0 Å². The van der Waals surface area contributed by atoms with Crippen LogP contribution in [0.15, 0.2) is 81.5 Å². The molecule has 1 unspecified atom stereocenters. The molecule has 36 heavy (non-hydrogen) atoms. The Hall–Kier alpha value is -4.24. The molecule has 0 radical (unpaired) electrons. The van der Waals surface area contributed by atoms with E-state index in [4.69, 9.17) is 0 Å². The van der Waals surface area contributed by atoms with E-state index < -0.39 is 0 Å². The van der Waals surface area contributed by atoms with Crippen LogP contribution in [0.3, 0.4) is 0 Å². The van der Waals surface area contributed by atoms with Gasteiger partial charge in [-0.05, 0) is 62.2 Å². The van der Waals surface area contributed by atoms with E-state index in [1.165, 1.54) is 11.8 Å². The van der Waals surface area contributed by atoms with Gasteiger partial charge in [0.1, 0.15) is 5.82 Å². The Morgan fingerprint density at radius 2 is 1.67 bits per heavy atom. The Labute approximate surface area is 209 Å². The lowest BCUT2D eigenvalue weighted by Gasteiger charge is -2.15. The van der Waals surface area contributed by atoms with Crippen LogP contribution >= 0.6 is 11.8 Å². The van der Waals surface area contributed by atoms with Crippen molar-refractivity contribution >= 4 is 39.3 Å². The van der Waals surface area contributed by atoms with Crippen molar-refractivity contribution in [2.24, 2.45) is 0 Å². The van der Waals surface area contributed by atoms with Crippen molar-refractivity contribution in [2.45, 2.75) is 31.2 Å². The third-order valence-corrected chi connectivity index (χ3v) is 7.35. The van der Waals surface area contributed by atoms with Gasteiger partial charge in [0.15, 0.2) is 5.16 Å². The first-order chi connectivity index (χ1) is 17.4. The van der Waals surface area contributed by atoms with E-state index in [0.717, 1.165) is 22.3 Å². The van der Waals surface area contributed by atoms with E-state index in [9.17, 15) is 9.59 Å². The van der Waals surface area contributed by atoms with Gasteiger partial charge in [0.2, 0.25) is 5.78 Å². The molecule has 0 bridgehead atoms. The molecule has 0 amide bonds. The molecule has 1 atom stereocenters. The molecular formula is C27H22N6O2S. The molecule has 0 aliphatic heterocycles. The number of aromatic nitrogens is 6. The first-order valence-electron chi connectivity index (χ1n) is 11.5. The molecule has 0 aliphatic carbocycles. The zero-order valence-electron chi connectivity index (χ0n) is 19.9. The molecule has 0 saturated carbocycles. The minimum absolute atomic E-state index is 0.149. The van der Waals surface area contributed by atoms with Gasteiger partial charge >= 0.3 is 0 Å². The average molecular weight is 495 g/mol. The topological polar surface area (TPSA) is 97.9 Å². The van der Waals surface area contributed by atoms with Gasteiger partial charge in [0.25, 0.3) is 11.1 Å². The molecule has 0 aliphatic rings. The largest absolute Gasteiger partial charge is 0.309 e. The summed E-state index contributed by atoms with van der Waals surface area (Å²) in [7, 11) is 0. The quantitative estimate of drug-likeness (QED) is 0.356. The number of thioether (sulfide) groups is 1. The minimum atomic E-state index is -0.227. The summed E-state index contributed by atoms with van der Waals surface area (Å²) in [5.41, 5.74) is 3.81. The van der Waals surface area contributed by atoms with E-state index in [2.05, 4.69) is 20.2 Å². The second-order valence-corrected chi connectivity index (χ2v) is 10.1. The first-order valence-corrected chi connectivity index (χ1v) is 12.4. The van der Waals surface area contributed by atoms with E-state index in [1.807, 2.05) is 85.8 Å². The van der Waals surface area contributed by atoms with Gasteiger partial charge in [-0.15, -0.1) is 10.2 Å². The molecule has 3 heterocycles. The highest BCUT2D eigenvalue weighted by molar-refractivity contribution is 7.99. The van der Waals surface area contributed by atoms with Gasteiger partial charge in [-0.3, -0.25) is 14.0 Å². The zero-order chi connectivity index (χ0) is 25.0. The Kier molecular flexibility index (Phi) is 5.22. The molecular weight excluding hydrogens is 472 g/mol. The van der Waals surface area contributed by atoms with Crippen molar-refractivity contribution in [1.82, 2.24) is 29.1 Å². The number of aromatic amines is 1. The lowest BCUT2D eigenvalue weighted by molar-refractivity contribution is 0.889. The number of aryl methyl sites for hydroxylation is 2. The molecule has 0 spiro atoms. The summed E-state index contributed by atoms with van der Waals surface area (Å²) in [6.45, 7) is 5.93. The van der Waals surface area contributed by atoms with Gasteiger partial charge in [-0.25, -0.2) is 9.55 Å². The van der Waals surface area contributed by atoms with Crippen LogP contribution in [0.1, 0.15) is 29.1 Å². The van der Waals surface area contributed by atoms with Crippen molar-refractivity contribution in [3.8, 4) is 5.69 Å². The monoisotopic (exact) mass is 494 g/mol. The summed E-state index contributed by atoms with van der Waals surface area (Å²) in [5.74, 6) is 0.981. The number of fused-ring (bicyclic) bond motifs is 4. The Bertz CT molecular complexity index is 1920. The molecule has 0 fully saturated rings. The van der Waals surface area contributed by atoms with Crippen molar-refractivity contribution in [2.75, 3.05) is 0 Å². The van der Waals surface area contributed by atoms with E-state index in [-0.39, 0.29) is 16.4 Å². The molecule has 6 rings (SSSR count). The summed E-state index contributed by atoms with van der Waals surface area (Å²) in [4.78, 5) is 33.8. The highest BCUT2D eigenvalue weighted by atomic mass is 32.2. The maximum absolute atomic E-state index is 13.6. The number of nitrogens with one attached hydrogen (secondary N) is 1. The van der Waals surface area contributed by atoms with E-state index >= 15 is 0 Å². The standard InChI is InChI=1S/C27H22N6O2S/c1-15-12-13-16(2)22(14-15)32-25(35)19-9-5-7-11-21(19)33-26(32)30-31-27(33)36-17(3)23-28-20-10-6-4-8-18(20)24(34)29-23/h4-14,17H,1-3H3,(H,28,29,34). The summed E-state index contributed by atoms with van der Waals surface area (Å²) in [6, 6.07) is 20.7. The smallest absolute Gasteiger partial charge is 0.267 e. The van der Waals surface area contributed by atoms with E-state index in [0.29, 0.717) is 33.0 Å². The van der Waals surface area contributed by atoms with Crippen LogP contribution in [0, 0.1) is 13.8 Å². The predicted octanol–water partition coefficient (Wildman–Crippen LogP) is 4.74. The highest BCUT2D eigenvalue weighted by Crippen LogP contribution is 2.33. The van der Waals surface area contributed by atoms with Gasteiger partial charge in [0, 0.05) is 0 Å². The zero-order valence-corrected chi connectivity index (χ0v) is 20.7. The molecule has 6 aromatic rings. The predicted molar refractivity (Wildman–Crippen MR) is 142 cm³/mol. The number of benzene rings is 3. The SMILES string of the molecule is Cc1ccc(C)c(-n2c(=O)c3ccccc3n3c(SC(C)c4nc5ccccc5c(=O)[nH]4)nnc23)c1. The summed E-state index contributed by atoms with van der Waals surface area (Å²) in [5, 5.41) is 10.4. The molecule has 0 saturated heterocycles. The van der Waals surface area contributed by atoms with Crippen molar-refractivity contribution in [1.29, 1.82) is 0 Å². The molecule has 178 valence electrons. The average Bonchev–Trinajstić information content (AvgIpc) is 3.29. The van der Waals surface area contributed by atoms with Gasteiger partial charge in [0.05, 0.1) is 32.7 Å². The Balaban J connectivity index is 1.55.